The topological polar surface area (TPSA) is 97.4 Å². The van der Waals surface area contributed by atoms with E-state index >= 15 is 0 Å². The predicted molar refractivity (Wildman–Crippen MR) is 96.3 cm³/mol. The highest BCUT2D eigenvalue weighted by Gasteiger charge is 2.09. The lowest BCUT2D eigenvalue weighted by atomic mass is 10.1. The van der Waals surface area contributed by atoms with E-state index in [9.17, 15) is 9.59 Å². The van der Waals surface area contributed by atoms with Gasteiger partial charge in [0.05, 0.1) is 12.7 Å². The van der Waals surface area contributed by atoms with Gasteiger partial charge in [-0.3, -0.25) is 9.59 Å². The van der Waals surface area contributed by atoms with Crippen molar-refractivity contribution in [2.24, 2.45) is 0 Å². The molecule has 0 spiro atoms. The number of anilines is 3. The molecular weight excluding hydrogens is 318 g/mol. The van der Waals surface area contributed by atoms with Gasteiger partial charge in [0.25, 0.3) is 5.91 Å². The molecule has 6 nitrogen and oxygen atoms in total. The Morgan fingerprint density at radius 1 is 0.920 bits per heavy atom. The second kappa shape index (κ2) is 7.35. The van der Waals surface area contributed by atoms with Crippen LogP contribution in [0.5, 0.6) is 0 Å². The molecule has 0 aliphatic carbocycles. The van der Waals surface area contributed by atoms with Gasteiger partial charge in [0.1, 0.15) is 0 Å². The van der Waals surface area contributed by atoms with Gasteiger partial charge < -0.3 is 20.8 Å². The monoisotopic (exact) mass is 335 g/mol. The molecule has 0 aliphatic heterocycles. The molecule has 126 valence electrons. The zero-order chi connectivity index (χ0) is 17.6. The molecule has 3 rings (SSSR count). The first kappa shape index (κ1) is 16.3. The minimum Gasteiger partial charge on any atom is -0.459 e. The molecule has 2 aromatic carbocycles. The molecule has 2 amide bonds. The third-order valence-corrected chi connectivity index (χ3v) is 3.49. The number of rotatable bonds is 5. The number of nitrogens with one attached hydrogen (secondary N) is 2. The molecule has 0 saturated heterocycles. The van der Waals surface area contributed by atoms with Gasteiger partial charge >= 0.3 is 0 Å². The third kappa shape index (κ3) is 4.48. The van der Waals surface area contributed by atoms with Gasteiger partial charge in [0.2, 0.25) is 5.91 Å². The lowest BCUT2D eigenvalue weighted by molar-refractivity contribution is -0.115. The van der Waals surface area contributed by atoms with Crippen LogP contribution in [0.3, 0.4) is 0 Å². The smallest absolute Gasteiger partial charge is 0.291 e. The van der Waals surface area contributed by atoms with Gasteiger partial charge in [0.15, 0.2) is 5.76 Å². The summed E-state index contributed by atoms with van der Waals surface area (Å²) in [5.74, 6) is -0.285. The number of nitrogen functional groups attached to an aromatic ring is 1. The molecule has 0 atom stereocenters. The number of furan rings is 1. The van der Waals surface area contributed by atoms with Gasteiger partial charge in [-0.25, -0.2) is 0 Å². The molecule has 6 heteroatoms. The molecule has 0 unspecified atom stereocenters. The van der Waals surface area contributed by atoms with Crippen LogP contribution < -0.4 is 16.4 Å². The number of hydrogen-bond acceptors (Lipinski definition) is 4. The van der Waals surface area contributed by atoms with Crippen LogP contribution in [0.15, 0.2) is 71.3 Å². The van der Waals surface area contributed by atoms with E-state index < -0.39 is 0 Å². The Labute approximate surface area is 144 Å². The fourth-order valence-corrected chi connectivity index (χ4v) is 2.30. The predicted octanol–water partition coefficient (Wildman–Crippen LogP) is 3.30. The Balaban J connectivity index is 1.62. The lowest BCUT2D eigenvalue weighted by Gasteiger charge is -2.08. The molecule has 3 aromatic rings. The quantitative estimate of drug-likeness (QED) is 0.623. The summed E-state index contributed by atoms with van der Waals surface area (Å²) in [6.07, 6.45) is 1.67. The van der Waals surface area contributed by atoms with Crippen molar-refractivity contribution >= 4 is 28.9 Å². The summed E-state index contributed by atoms with van der Waals surface area (Å²) in [7, 11) is 0. The lowest BCUT2D eigenvalue weighted by Crippen LogP contribution is -2.15. The van der Waals surface area contributed by atoms with Gasteiger partial charge in [-0.2, -0.15) is 0 Å². The molecule has 0 bridgehead atoms. The van der Waals surface area contributed by atoms with E-state index in [4.69, 9.17) is 10.2 Å². The van der Waals surface area contributed by atoms with Crippen LogP contribution in [-0.4, -0.2) is 11.8 Å². The Morgan fingerprint density at radius 2 is 1.64 bits per heavy atom. The van der Waals surface area contributed by atoms with Crippen molar-refractivity contribution in [3.8, 4) is 0 Å². The maximum absolute atomic E-state index is 12.1. The molecule has 1 aromatic heterocycles. The molecule has 0 aliphatic rings. The Morgan fingerprint density at radius 3 is 2.32 bits per heavy atom. The molecule has 0 saturated carbocycles. The second-order valence-corrected chi connectivity index (χ2v) is 5.48. The fourth-order valence-electron chi connectivity index (χ4n) is 2.30. The summed E-state index contributed by atoms with van der Waals surface area (Å²) in [5.41, 5.74) is 8.31. The highest BCUT2D eigenvalue weighted by Crippen LogP contribution is 2.17. The van der Waals surface area contributed by atoms with Crippen LogP contribution in [0, 0.1) is 0 Å². The van der Waals surface area contributed by atoms with Crippen LogP contribution in [-0.2, 0) is 11.2 Å². The van der Waals surface area contributed by atoms with E-state index in [1.165, 1.54) is 6.26 Å². The van der Waals surface area contributed by atoms with Crippen molar-refractivity contribution in [3.05, 3.63) is 78.3 Å². The van der Waals surface area contributed by atoms with Gasteiger partial charge in [-0.1, -0.05) is 18.2 Å². The Kier molecular flexibility index (Phi) is 4.80. The van der Waals surface area contributed by atoms with Crippen molar-refractivity contribution in [1.29, 1.82) is 0 Å². The van der Waals surface area contributed by atoms with E-state index in [2.05, 4.69) is 10.6 Å². The minimum atomic E-state index is -0.352. The van der Waals surface area contributed by atoms with Crippen LogP contribution >= 0.6 is 0 Å². The van der Waals surface area contributed by atoms with Crippen LogP contribution in [0.25, 0.3) is 0 Å². The zero-order valence-electron chi connectivity index (χ0n) is 13.4. The number of carbonyl (C=O) groups excluding carboxylic acids is 2. The maximum Gasteiger partial charge on any atom is 0.291 e. The highest BCUT2D eigenvalue weighted by atomic mass is 16.3. The second-order valence-electron chi connectivity index (χ2n) is 5.48. The first-order valence-corrected chi connectivity index (χ1v) is 7.69. The number of carbonyl (C=O) groups is 2. The van der Waals surface area contributed by atoms with Gasteiger partial charge in [-0.15, -0.1) is 0 Å². The zero-order valence-corrected chi connectivity index (χ0v) is 13.4. The van der Waals surface area contributed by atoms with Crippen molar-refractivity contribution in [1.82, 2.24) is 0 Å². The van der Waals surface area contributed by atoms with Crippen molar-refractivity contribution < 1.29 is 14.0 Å². The average Bonchev–Trinajstić information content (AvgIpc) is 3.12. The van der Waals surface area contributed by atoms with Crippen LogP contribution in [0.4, 0.5) is 17.1 Å². The minimum absolute atomic E-state index is 0.153. The van der Waals surface area contributed by atoms with Crippen LogP contribution in [0.1, 0.15) is 16.1 Å². The average molecular weight is 335 g/mol. The number of hydrogen-bond donors (Lipinski definition) is 3. The van der Waals surface area contributed by atoms with Crippen molar-refractivity contribution in [2.75, 3.05) is 16.4 Å². The normalized spacial score (nSPS) is 10.2. The third-order valence-electron chi connectivity index (χ3n) is 3.49. The summed E-state index contributed by atoms with van der Waals surface area (Å²) in [5, 5.41) is 5.52. The molecule has 0 fully saturated rings. The van der Waals surface area contributed by atoms with Crippen molar-refractivity contribution in [3.63, 3.8) is 0 Å². The largest absolute Gasteiger partial charge is 0.459 e. The van der Waals surface area contributed by atoms with Crippen LogP contribution in [0.2, 0.25) is 0 Å². The summed E-state index contributed by atoms with van der Waals surface area (Å²) in [6, 6.07) is 17.3. The summed E-state index contributed by atoms with van der Waals surface area (Å²) in [4.78, 5) is 24.1. The first-order chi connectivity index (χ1) is 12.1. The summed E-state index contributed by atoms with van der Waals surface area (Å²) in [6.45, 7) is 0. The SMILES string of the molecule is Nc1ccc(CC(=O)Nc2cccc(NC(=O)c3ccco3)c2)cc1. The van der Waals surface area contributed by atoms with E-state index in [1.807, 2.05) is 12.1 Å². The van der Waals surface area contributed by atoms with Gasteiger partial charge in [-0.05, 0) is 48.0 Å². The Bertz CT molecular complexity index is 871. The fraction of sp³-hybridized carbons (Fsp3) is 0.0526. The van der Waals surface area contributed by atoms with Gasteiger partial charge in [0, 0.05) is 17.1 Å². The van der Waals surface area contributed by atoms with E-state index in [1.54, 1.807) is 48.5 Å². The van der Waals surface area contributed by atoms with E-state index in [-0.39, 0.29) is 24.0 Å². The maximum atomic E-state index is 12.1. The first-order valence-electron chi connectivity index (χ1n) is 7.69. The number of benzene rings is 2. The number of nitrogens with two attached hydrogens (primary N) is 1. The Hall–Kier alpha value is -3.54. The highest BCUT2D eigenvalue weighted by molar-refractivity contribution is 6.02. The molecule has 25 heavy (non-hydrogen) atoms. The van der Waals surface area contributed by atoms with E-state index in [0.717, 1.165) is 5.56 Å². The summed E-state index contributed by atoms with van der Waals surface area (Å²) < 4.78 is 5.05. The number of amides is 2. The van der Waals surface area contributed by atoms with Crippen molar-refractivity contribution in [2.45, 2.75) is 6.42 Å². The molecule has 4 N–H and O–H groups in total. The van der Waals surface area contributed by atoms with E-state index in [0.29, 0.717) is 17.1 Å². The molecular formula is C19H17N3O3. The molecule has 1 heterocycles. The standard InChI is InChI=1S/C19H17N3O3/c20-14-8-6-13(7-9-14)11-18(23)21-15-3-1-4-16(12-15)22-19(24)17-5-2-10-25-17/h1-10,12H,11,20H2,(H,21,23)(H,22,24). The molecule has 0 radical (unpaired) electrons. The summed E-state index contributed by atoms with van der Waals surface area (Å²) >= 11 is 0.